The molecular formula is C32H42FN5O3. The van der Waals surface area contributed by atoms with Crippen molar-refractivity contribution in [3.05, 3.63) is 65.5 Å². The highest BCUT2D eigenvalue weighted by molar-refractivity contribution is 6.08. The first-order chi connectivity index (χ1) is 19.6. The van der Waals surface area contributed by atoms with Gasteiger partial charge in [0.05, 0.1) is 5.41 Å². The van der Waals surface area contributed by atoms with E-state index >= 15 is 0 Å². The molecule has 3 N–H and O–H groups in total. The molecule has 0 saturated carbocycles. The number of amides is 4. The zero-order valence-electron chi connectivity index (χ0n) is 24.3. The molecule has 220 valence electrons. The Balaban J connectivity index is 1.25. The Kier molecular flexibility index (Phi) is 8.36. The molecule has 3 aliphatic heterocycles. The van der Waals surface area contributed by atoms with Gasteiger partial charge in [0.25, 0.3) is 0 Å². The Morgan fingerprint density at radius 1 is 1.05 bits per heavy atom. The van der Waals surface area contributed by atoms with Crippen molar-refractivity contribution < 1.29 is 18.8 Å². The first kappa shape index (κ1) is 29.0. The Bertz CT molecular complexity index is 1270. The molecule has 0 aliphatic carbocycles. The second-order valence-electron chi connectivity index (χ2n) is 12.5. The molecule has 9 heteroatoms. The number of urea groups is 1. The maximum atomic E-state index is 14.0. The van der Waals surface area contributed by atoms with Crippen LogP contribution in [0.3, 0.4) is 0 Å². The number of carbonyl (C=O) groups is 3. The summed E-state index contributed by atoms with van der Waals surface area (Å²) in [6.07, 6.45) is 4.06. The van der Waals surface area contributed by atoms with E-state index in [-0.39, 0.29) is 35.2 Å². The average Bonchev–Trinajstić information content (AvgIpc) is 3.15. The number of carbonyl (C=O) groups excluding carboxylic acids is 3. The third-order valence-corrected chi connectivity index (χ3v) is 9.08. The summed E-state index contributed by atoms with van der Waals surface area (Å²) in [5.74, 6) is -0.479. The predicted octanol–water partition coefficient (Wildman–Crippen LogP) is 3.88. The number of likely N-dealkylation sites (tertiary alicyclic amines) is 1. The Labute approximate surface area is 242 Å². The van der Waals surface area contributed by atoms with Gasteiger partial charge < -0.3 is 25.8 Å². The van der Waals surface area contributed by atoms with E-state index < -0.39 is 11.5 Å². The summed E-state index contributed by atoms with van der Waals surface area (Å²) in [5.41, 5.74) is 1.48. The van der Waals surface area contributed by atoms with Crippen molar-refractivity contribution in [2.45, 2.75) is 82.3 Å². The van der Waals surface area contributed by atoms with Crippen LogP contribution in [0.15, 0.2) is 48.5 Å². The molecule has 2 fully saturated rings. The molecule has 3 heterocycles. The highest BCUT2D eigenvalue weighted by atomic mass is 19.1. The van der Waals surface area contributed by atoms with Crippen molar-refractivity contribution in [1.82, 2.24) is 20.9 Å². The minimum atomic E-state index is -0.796. The minimum absolute atomic E-state index is 0.0339. The van der Waals surface area contributed by atoms with Crippen molar-refractivity contribution in [2.75, 3.05) is 31.1 Å². The van der Waals surface area contributed by atoms with Crippen molar-refractivity contribution in [1.29, 1.82) is 0 Å². The smallest absolute Gasteiger partial charge is 0.315 e. The van der Waals surface area contributed by atoms with Crippen LogP contribution in [0, 0.1) is 5.82 Å². The van der Waals surface area contributed by atoms with Gasteiger partial charge in [0.1, 0.15) is 11.9 Å². The number of benzene rings is 2. The van der Waals surface area contributed by atoms with Crippen LogP contribution in [0.5, 0.6) is 0 Å². The normalized spacial score (nSPS) is 20.8. The molecule has 5 rings (SSSR count). The van der Waals surface area contributed by atoms with Gasteiger partial charge in [0.15, 0.2) is 0 Å². The Morgan fingerprint density at radius 3 is 2.41 bits per heavy atom. The molecule has 0 bridgehead atoms. The minimum Gasteiger partial charge on any atom is -0.341 e. The fourth-order valence-electron chi connectivity index (χ4n) is 6.46. The van der Waals surface area contributed by atoms with E-state index in [9.17, 15) is 18.8 Å². The van der Waals surface area contributed by atoms with E-state index in [1.54, 1.807) is 6.07 Å². The largest absolute Gasteiger partial charge is 0.341 e. The van der Waals surface area contributed by atoms with Crippen LogP contribution in [-0.4, -0.2) is 66.5 Å². The molecule has 2 saturated heterocycles. The third kappa shape index (κ3) is 6.25. The summed E-state index contributed by atoms with van der Waals surface area (Å²) in [5, 5.41) is 9.44. The number of hydrogen-bond acceptors (Lipinski definition) is 4. The number of hydrogen-bond donors (Lipinski definition) is 3. The summed E-state index contributed by atoms with van der Waals surface area (Å²) in [7, 11) is 0. The van der Waals surface area contributed by atoms with Crippen LogP contribution in [0.2, 0.25) is 0 Å². The van der Waals surface area contributed by atoms with Crippen LogP contribution in [0.4, 0.5) is 14.9 Å². The SMILES string of the molecule is CC1(NC(=O)N[C@@H](CCc2ccccc2)C(=O)N2CCC(N3C(=O)C(C)(C)c4cc(F)ccc43)CC2)CCNCC1. The van der Waals surface area contributed by atoms with Crippen molar-refractivity contribution in [3.63, 3.8) is 0 Å². The highest BCUT2D eigenvalue weighted by Crippen LogP contribution is 2.44. The van der Waals surface area contributed by atoms with E-state index in [4.69, 9.17) is 0 Å². The molecule has 0 aromatic heterocycles. The van der Waals surface area contributed by atoms with Crippen LogP contribution >= 0.6 is 0 Å². The van der Waals surface area contributed by atoms with Crippen LogP contribution in [0.1, 0.15) is 64.0 Å². The summed E-state index contributed by atoms with van der Waals surface area (Å²) in [6, 6.07) is 13.5. The van der Waals surface area contributed by atoms with E-state index in [1.807, 2.05) is 60.9 Å². The molecule has 0 radical (unpaired) electrons. The number of fused-ring (bicyclic) bond motifs is 1. The van der Waals surface area contributed by atoms with Crippen LogP contribution in [0.25, 0.3) is 0 Å². The van der Waals surface area contributed by atoms with Crippen molar-refractivity contribution >= 4 is 23.5 Å². The van der Waals surface area contributed by atoms with Gasteiger partial charge in [-0.15, -0.1) is 0 Å². The zero-order chi connectivity index (χ0) is 29.2. The van der Waals surface area contributed by atoms with Gasteiger partial charge in [-0.3, -0.25) is 9.59 Å². The number of nitrogens with one attached hydrogen (secondary N) is 3. The molecule has 4 amide bonds. The monoisotopic (exact) mass is 563 g/mol. The lowest BCUT2D eigenvalue weighted by Gasteiger charge is -2.39. The van der Waals surface area contributed by atoms with Crippen LogP contribution < -0.4 is 20.9 Å². The molecule has 41 heavy (non-hydrogen) atoms. The first-order valence-electron chi connectivity index (χ1n) is 14.8. The lowest BCUT2D eigenvalue weighted by Crippen LogP contribution is -2.59. The van der Waals surface area contributed by atoms with Gasteiger partial charge in [-0.2, -0.15) is 0 Å². The highest BCUT2D eigenvalue weighted by Gasteiger charge is 2.47. The van der Waals surface area contributed by atoms with E-state index in [0.29, 0.717) is 44.3 Å². The quantitative estimate of drug-likeness (QED) is 0.477. The summed E-state index contributed by atoms with van der Waals surface area (Å²) >= 11 is 0. The summed E-state index contributed by atoms with van der Waals surface area (Å²) in [4.78, 5) is 44.0. The van der Waals surface area contributed by atoms with Gasteiger partial charge >= 0.3 is 6.03 Å². The Hall–Kier alpha value is -3.46. The number of nitrogens with zero attached hydrogens (tertiary/aromatic N) is 2. The molecule has 1 atom stereocenters. The molecular weight excluding hydrogens is 521 g/mol. The molecule has 8 nitrogen and oxygen atoms in total. The molecule has 2 aromatic carbocycles. The van der Waals surface area contributed by atoms with Gasteiger partial charge in [0.2, 0.25) is 11.8 Å². The van der Waals surface area contributed by atoms with Gasteiger partial charge in [-0.05, 0) is 102 Å². The number of aryl methyl sites for hydroxylation is 1. The maximum Gasteiger partial charge on any atom is 0.315 e. The summed E-state index contributed by atoms with van der Waals surface area (Å²) in [6.45, 7) is 8.38. The van der Waals surface area contributed by atoms with Gasteiger partial charge in [-0.25, -0.2) is 9.18 Å². The fraction of sp³-hybridized carbons (Fsp3) is 0.531. The standard InChI is InChI=1S/C32H42FN5O3/c1-31(2)25-21-23(33)10-12-27(25)38(29(31)40)24-13-19-37(20-14-24)28(39)26(11-9-22-7-5-4-6-8-22)35-30(41)36-32(3)15-17-34-18-16-32/h4-8,10,12,21,24,26,34H,9,11,13-20H2,1-3H3,(H2,35,36,41)/t26-/m0/s1. The van der Waals surface area contributed by atoms with E-state index in [1.165, 1.54) is 12.1 Å². The number of anilines is 1. The van der Waals surface area contributed by atoms with E-state index in [2.05, 4.69) is 16.0 Å². The molecule has 3 aliphatic rings. The maximum absolute atomic E-state index is 14.0. The van der Waals surface area contributed by atoms with Crippen LogP contribution in [-0.2, 0) is 21.4 Å². The second kappa shape index (κ2) is 11.8. The number of piperidine rings is 2. The number of rotatable bonds is 7. The average molecular weight is 564 g/mol. The summed E-state index contributed by atoms with van der Waals surface area (Å²) < 4.78 is 14.0. The lowest BCUT2D eigenvalue weighted by atomic mass is 9.86. The Morgan fingerprint density at radius 2 is 1.73 bits per heavy atom. The topological polar surface area (TPSA) is 93.8 Å². The second-order valence-corrected chi connectivity index (χ2v) is 12.5. The predicted molar refractivity (Wildman–Crippen MR) is 157 cm³/mol. The van der Waals surface area contributed by atoms with Gasteiger partial charge in [-0.1, -0.05) is 30.3 Å². The lowest BCUT2D eigenvalue weighted by molar-refractivity contribution is -0.134. The molecule has 0 unspecified atom stereocenters. The fourth-order valence-corrected chi connectivity index (χ4v) is 6.46. The number of halogens is 1. The van der Waals surface area contributed by atoms with E-state index in [0.717, 1.165) is 37.2 Å². The zero-order valence-corrected chi connectivity index (χ0v) is 24.3. The molecule has 2 aromatic rings. The van der Waals surface area contributed by atoms with Gasteiger partial charge in [0, 0.05) is 30.4 Å². The van der Waals surface area contributed by atoms with Crippen molar-refractivity contribution in [2.24, 2.45) is 0 Å². The van der Waals surface area contributed by atoms with Crippen molar-refractivity contribution in [3.8, 4) is 0 Å². The molecule has 0 spiro atoms. The third-order valence-electron chi connectivity index (χ3n) is 9.08. The first-order valence-corrected chi connectivity index (χ1v) is 14.8.